The number of ether oxygens (including phenoxy) is 2. The van der Waals surface area contributed by atoms with Gasteiger partial charge >= 0.3 is 12.0 Å². The lowest BCUT2D eigenvalue weighted by Gasteiger charge is -2.11. The normalized spacial score (nSPS) is 10.4. The first-order chi connectivity index (χ1) is 9.01. The maximum Gasteiger partial charge on any atom is 0.324 e. The fourth-order valence-corrected chi connectivity index (χ4v) is 1.22. The Kier molecular flexibility index (Phi) is 6.05. The van der Waals surface area contributed by atoms with Crippen molar-refractivity contribution in [3.63, 3.8) is 0 Å². The molecular weight excluding hydrogens is 244 g/mol. The van der Waals surface area contributed by atoms with Gasteiger partial charge in [0.05, 0.1) is 12.7 Å². The predicted molar refractivity (Wildman–Crippen MR) is 74.7 cm³/mol. The van der Waals surface area contributed by atoms with Crippen LogP contribution in [0, 0.1) is 0 Å². The number of nitrogens with one attached hydrogen (secondary N) is 1. The molecule has 1 aromatic heterocycles. The van der Waals surface area contributed by atoms with Gasteiger partial charge in [-0.1, -0.05) is 5.57 Å². The molecule has 0 atom stereocenters. The molecule has 0 saturated carbocycles. The fourth-order valence-electron chi connectivity index (χ4n) is 1.22. The van der Waals surface area contributed by atoms with Gasteiger partial charge in [-0.3, -0.25) is 0 Å². The van der Waals surface area contributed by atoms with Gasteiger partial charge in [0.2, 0.25) is 5.95 Å². The van der Waals surface area contributed by atoms with Crippen LogP contribution in [0.1, 0.15) is 34.1 Å². The molecule has 1 rings (SSSR count). The second kappa shape index (κ2) is 7.56. The molecule has 0 fully saturated rings. The number of rotatable bonds is 8. The molecule has 0 radical (unpaired) electrons. The number of nitrogens with zero attached hydrogens (tertiary/aromatic N) is 3. The van der Waals surface area contributed by atoms with E-state index in [1.54, 1.807) is 0 Å². The third-order valence-electron chi connectivity index (χ3n) is 2.03. The van der Waals surface area contributed by atoms with Crippen LogP contribution in [0.2, 0.25) is 0 Å². The van der Waals surface area contributed by atoms with Crippen LogP contribution in [-0.4, -0.2) is 34.2 Å². The van der Waals surface area contributed by atoms with Gasteiger partial charge in [0.1, 0.15) is 0 Å². The van der Waals surface area contributed by atoms with Crippen LogP contribution < -0.4 is 14.8 Å². The van der Waals surface area contributed by atoms with Crippen molar-refractivity contribution in [1.29, 1.82) is 0 Å². The Morgan fingerprint density at radius 3 is 2.53 bits per heavy atom. The highest BCUT2D eigenvalue weighted by atomic mass is 16.5. The van der Waals surface area contributed by atoms with E-state index in [2.05, 4.69) is 26.8 Å². The first-order valence-corrected chi connectivity index (χ1v) is 6.45. The van der Waals surface area contributed by atoms with E-state index >= 15 is 0 Å². The molecule has 0 aromatic carbocycles. The van der Waals surface area contributed by atoms with Crippen molar-refractivity contribution in [3.8, 4) is 12.0 Å². The Morgan fingerprint density at radius 2 is 1.95 bits per heavy atom. The lowest BCUT2D eigenvalue weighted by atomic mass is 10.3. The summed E-state index contributed by atoms with van der Waals surface area (Å²) < 4.78 is 11.0. The lowest BCUT2D eigenvalue weighted by Crippen LogP contribution is -2.13. The van der Waals surface area contributed by atoms with Crippen LogP contribution >= 0.6 is 0 Å². The van der Waals surface area contributed by atoms with Crippen LogP contribution in [0.25, 0.3) is 0 Å². The molecule has 0 unspecified atom stereocenters. The Hall–Kier alpha value is -1.85. The Labute approximate surface area is 114 Å². The second-order valence-electron chi connectivity index (χ2n) is 4.48. The van der Waals surface area contributed by atoms with Crippen molar-refractivity contribution in [3.05, 3.63) is 12.2 Å². The lowest BCUT2D eigenvalue weighted by molar-refractivity contribution is 0.213. The summed E-state index contributed by atoms with van der Waals surface area (Å²) in [7, 11) is 0. The SMILES string of the molecule is C=C(C)CCOc1nc(NCC)nc(OC(C)C)n1. The first kappa shape index (κ1) is 15.2. The van der Waals surface area contributed by atoms with Gasteiger partial charge in [0.25, 0.3) is 0 Å². The molecule has 106 valence electrons. The predicted octanol–water partition coefficient (Wildman–Crippen LogP) is 2.44. The van der Waals surface area contributed by atoms with E-state index in [4.69, 9.17) is 9.47 Å². The molecule has 6 nitrogen and oxygen atoms in total. The monoisotopic (exact) mass is 266 g/mol. The molecule has 1 aromatic rings. The largest absolute Gasteiger partial charge is 0.463 e. The Bertz CT molecular complexity index is 421. The Balaban J connectivity index is 2.76. The molecule has 19 heavy (non-hydrogen) atoms. The van der Waals surface area contributed by atoms with Gasteiger partial charge in [0.15, 0.2) is 0 Å². The van der Waals surface area contributed by atoms with Gasteiger partial charge in [-0.2, -0.15) is 9.97 Å². The minimum absolute atomic E-state index is 0.000135. The molecule has 0 amide bonds. The maximum absolute atomic E-state index is 5.48. The highest BCUT2D eigenvalue weighted by Gasteiger charge is 2.09. The fraction of sp³-hybridized carbons (Fsp3) is 0.615. The molecule has 0 saturated heterocycles. The van der Waals surface area contributed by atoms with E-state index < -0.39 is 0 Å². The summed E-state index contributed by atoms with van der Waals surface area (Å²) in [4.78, 5) is 12.4. The molecule has 1 N–H and O–H groups in total. The van der Waals surface area contributed by atoms with Gasteiger partial charge in [-0.05, 0) is 27.7 Å². The van der Waals surface area contributed by atoms with Gasteiger partial charge in [-0.15, -0.1) is 11.6 Å². The Morgan fingerprint density at radius 1 is 1.26 bits per heavy atom. The average Bonchev–Trinajstić information content (AvgIpc) is 2.27. The van der Waals surface area contributed by atoms with E-state index in [-0.39, 0.29) is 18.1 Å². The summed E-state index contributed by atoms with van der Waals surface area (Å²) in [5, 5.41) is 3.02. The van der Waals surface area contributed by atoms with Crippen LogP contribution in [0.3, 0.4) is 0 Å². The van der Waals surface area contributed by atoms with E-state index in [1.165, 1.54) is 0 Å². The van der Waals surface area contributed by atoms with Crippen molar-refractivity contribution in [2.45, 2.75) is 40.2 Å². The van der Waals surface area contributed by atoms with Crippen LogP contribution in [-0.2, 0) is 0 Å². The highest BCUT2D eigenvalue weighted by molar-refractivity contribution is 5.27. The third-order valence-corrected chi connectivity index (χ3v) is 2.03. The zero-order valence-corrected chi connectivity index (χ0v) is 12.1. The van der Waals surface area contributed by atoms with Gasteiger partial charge < -0.3 is 14.8 Å². The number of aromatic nitrogens is 3. The average molecular weight is 266 g/mol. The van der Waals surface area contributed by atoms with Crippen LogP contribution in [0.15, 0.2) is 12.2 Å². The molecular formula is C13H22N4O2. The van der Waals surface area contributed by atoms with Crippen molar-refractivity contribution in [2.75, 3.05) is 18.5 Å². The molecule has 0 aliphatic carbocycles. The summed E-state index contributed by atoms with van der Waals surface area (Å²) in [6.07, 6.45) is 0.767. The van der Waals surface area contributed by atoms with E-state index in [9.17, 15) is 0 Å². The van der Waals surface area contributed by atoms with Gasteiger partial charge in [-0.25, -0.2) is 0 Å². The van der Waals surface area contributed by atoms with Crippen LogP contribution in [0.5, 0.6) is 12.0 Å². The maximum atomic E-state index is 5.48. The zero-order valence-electron chi connectivity index (χ0n) is 12.1. The number of hydrogen-bond acceptors (Lipinski definition) is 6. The van der Waals surface area contributed by atoms with Crippen LogP contribution in [0.4, 0.5) is 5.95 Å². The minimum Gasteiger partial charge on any atom is -0.463 e. The van der Waals surface area contributed by atoms with Crippen molar-refractivity contribution in [2.24, 2.45) is 0 Å². The molecule has 0 spiro atoms. The number of hydrogen-bond donors (Lipinski definition) is 1. The zero-order chi connectivity index (χ0) is 14.3. The molecule has 0 aliphatic heterocycles. The summed E-state index contributed by atoms with van der Waals surface area (Å²) in [6, 6.07) is 0.536. The summed E-state index contributed by atoms with van der Waals surface area (Å²) in [5.74, 6) is 0.457. The minimum atomic E-state index is 0.000135. The van der Waals surface area contributed by atoms with Crippen molar-refractivity contribution < 1.29 is 9.47 Å². The van der Waals surface area contributed by atoms with E-state index in [1.807, 2.05) is 27.7 Å². The summed E-state index contributed by atoms with van der Waals surface area (Å²) >= 11 is 0. The van der Waals surface area contributed by atoms with E-state index in [0.717, 1.165) is 18.5 Å². The smallest absolute Gasteiger partial charge is 0.324 e. The molecule has 6 heteroatoms. The molecule has 0 bridgehead atoms. The summed E-state index contributed by atoms with van der Waals surface area (Å²) in [6.45, 7) is 12.8. The quantitative estimate of drug-likeness (QED) is 0.729. The van der Waals surface area contributed by atoms with Crippen molar-refractivity contribution in [1.82, 2.24) is 15.0 Å². The third kappa shape index (κ3) is 6.03. The standard InChI is InChI=1S/C13H22N4O2/c1-6-14-11-15-12(18-8-7-9(2)3)17-13(16-11)19-10(4)5/h10H,2,6-8H2,1,3-5H3,(H,14,15,16,17). The second-order valence-corrected chi connectivity index (χ2v) is 4.48. The number of anilines is 1. The first-order valence-electron chi connectivity index (χ1n) is 6.45. The molecule has 0 aliphatic rings. The van der Waals surface area contributed by atoms with E-state index in [0.29, 0.717) is 12.6 Å². The van der Waals surface area contributed by atoms with Crippen molar-refractivity contribution >= 4 is 5.95 Å². The molecule has 1 heterocycles. The highest BCUT2D eigenvalue weighted by Crippen LogP contribution is 2.14. The topological polar surface area (TPSA) is 69.2 Å². The summed E-state index contributed by atoms with van der Waals surface area (Å²) in [5.41, 5.74) is 1.06. The van der Waals surface area contributed by atoms with Gasteiger partial charge in [0, 0.05) is 13.0 Å².